The standard InChI is InChI=1S/C20H27N3O4/c1-13-6-8-21(9-7-13)18-4-3-15(23(26)27)10-16(18)20(25)22-11-14-2-5-19(24)17(14)12-22/h3-4,10,13-14,17,19,24H,2,5-9,11-12H2,1H3/t14-,17+,19+/m0/s1. The zero-order chi connectivity index (χ0) is 19.1. The van der Waals surface area contributed by atoms with E-state index in [-0.39, 0.29) is 23.6 Å². The number of nitro benzene ring substituents is 1. The summed E-state index contributed by atoms with van der Waals surface area (Å²) in [6.45, 7) is 5.14. The van der Waals surface area contributed by atoms with Gasteiger partial charge in [0.05, 0.1) is 22.3 Å². The van der Waals surface area contributed by atoms with Gasteiger partial charge in [-0.05, 0) is 43.6 Å². The Morgan fingerprint density at radius 3 is 2.59 bits per heavy atom. The number of rotatable bonds is 3. The summed E-state index contributed by atoms with van der Waals surface area (Å²) >= 11 is 0. The topological polar surface area (TPSA) is 86.9 Å². The van der Waals surface area contributed by atoms with Gasteiger partial charge < -0.3 is 14.9 Å². The van der Waals surface area contributed by atoms with Crippen LogP contribution in [0.1, 0.15) is 43.0 Å². The molecule has 1 saturated carbocycles. The number of nitro groups is 1. The first-order chi connectivity index (χ1) is 12.9. The zero-order valence-corrected chi connectivity index (χ0v) is 15.7. The van der Waals surface area contributed by atoms with Crippen molar-refractivity contribution in [2.24, 2.45) is 17.8 Å². The van der Waals surface area contributed by atoms with Gasteiger partial charge in [-0.2, -0.15) is 0 Å². The number of likely N-dealkylation sites (tertiary alicyclic amines) is 1. The molecule has 3 fully saturated rings. The summed E-state index contributed by atoms with van der Waals surface area (Å²) < 4.78 is 0. The molecule has 3 aliphatic rings. The van der Waals surface area contributed by atoms with Gasteiger partial charge in [0.25, 0.3) is 11.6 Å². The minimum absolute atomic E-state index is 0.0492. The van der Waals surface area contributed by atoms with Crippen molar-refractivity contribution < 1.29 is 14.8 Å². The van der Waals surface area contributed by atoms with E-state index in [0.29, 0.717) is 30.5 Å². The summed E-state index contributed by atoms with van der Waals surface area (Å²) in [5, 5.41) is 21.4. The summed E-state index contributed by atoms with van der Waals surface area (Å²) in [7, 11) is 0. The summed E-state index contributed by atoms with van der Waals surface area (Å²) in [6.07, 6.45) is 3.54. The molecule has 2 saturated heterocycles. The fourth-order valence-corrected chi connectivity index (χ4v) is 4.91. The second-order valence-electron chi connectivity index (χ2n) is 8.41. The number of anilines is 1. The summed E-state index contributed by atoms with van der Waals surface area (Å²) in [4.78, 5) is 28.1. The molecule has 0 spiro atoms. The SMILES string of the molecule is CC1CCN(c2ccc([N+](=O)[O-])cc2C(=O)N2C[C@@H]3CC[C@@H](O)[C@@H]3C2)CC1. The molecule has 0 radical (unpaired) electrons. The number of amides is 1. The molecule has 3 atom stereocenters. The molecule has 1 aromatic rings. The second kappa shape index (κ2) is 7.11. The van der Waals surface area contributed by atoms with Crippen LogP contribution in [0.15, 0.2) is 18.2 Å². The summed E-state index contributed by atoms with van der Waals surface area (Å²) in [5.74, 6) is 1.01. The van der Waals surface area contributed by atoms with Gasteiger partial charge >= 0.3 is 0 Å². The minimum atomic E-state index is -0.443. The van der Waals surface area contributed by atoms with Gasteiger partial charge in [0.2, 0.25) is 0 Å². The van der Waals surface area contributed by atoms with E-state index in [1.165, 1.54) is 12.1 Å². The van der Waals surface area contributed by atoms with Crippen molar-refractivity contribution in [3.05, 3.63) is 33.9 Å². The first-order valence-corrected chi connectivity index (χ1v) is 9.94. The Morgan fingerprint density at radius 2 is 1.93 bits per heavy atom. The van der Waals surface area contributed by atoms with Crippen molar-refractivity contribution in [3.8, 4) is 0 Å². The van der Waals surface area contributed by atoms with Crippen LogP contribution in [0.4, 0.5) is 11.4 Å². The molecule has 7 heteroatoms. The van der Waals surface area contributed by atoms with E-state index in [0.717, 1.165) is 44.5 Å². The highest BCUT2D eigenvalue weighted by Gasteiger charge is 2.44. The van der Waals surface area contributed by atoms with Crippen LogP contribution in [0.3, 0.4) is 0 Å². The molecule has 27 heavy (non-hydrogen) atoms. The van der Waals surface area contributed by atoms with Gasteiger partial charge in [-0.25, -0.2) is 0 Å². The number of piperidine rings is 1. The lowest BCUT2D eigenvalue weighted by Crippen LogP contribution is -2.36. The number of hydrogen-bond donors (Lipinski definition) is 1. The molecule has 1 amide bonds. The van der Waals surface area contributed by atoms with Crippen LogP contribution in [-0.2, 0) is 0 Å². The molecular weight excluding hydrogens is 346 g/mol. The summed E-state index contributed by atoms with van der Waals surface area (Å²) in [5.41, 5.74) is 1.18. The number of nitrogens with zero attached hydrogens (tertiary/aromatic N) is 3. The lowest BCUT2D eigenvalue weighted by atomic mass is 9.97. The van der Waals surface area contributed by atoms with Gasteiger partial charge in [-0.3, -0.25) is 14.9 Å². The molecule has 1 N–H and O–H groups in total. The Balaban J connectivity index is 1.62. The molecule has 2 heterocycles. The van der Waals surface area contributed by atoms with E-state index in [9.17, 15) is 20.0 Å². The average Bonchev–Trinajstić information content (AvgIpc) is 3.23. The Kier molecular flexibility index (Phi) is 4.80. The molecule has 7 nitrogen and oxygen atoms in total. The third-order valence-corrected chi connectivity index (χ3v) is 6.65. The van der Waals surface area contributed by atoms with Gasteiger partial charge in [-0.1, -0.05) is 6.92 Å². The summed E-state index contributed by atoms with van der Waals surface area (Å²) in [6, 6.07) is 4.65. The smallest absolute Gasteiger partial charge is 0.270 e. The Morgan fingerprint density at radius 1 is 1.19 bits per heavy atom. The third-order valence-electron chi connectivity index (χ3n) is 6.65. The van der Waals surface area contributed by atoms with Gasteiger partial charge in [-0.15, -0.1) is 0 Å². The number of fused-ring (bicyclic) bond motifs is 1. The largest absolute Gasteiger partial charge is 0.393 e. The van der Waals surface area contributed by atoms with Crippen molar-refractivity contribution in [2.45, 2.75) is 38.7 Å². The van der Waals surface area contributed by atoms with Crippen molar-refractivity contribution in [2.75, 3.05) is 31.1 Å². The predicted molar refractivity (Wildman–Crippen MR) is 102 cm³/mol. The maximum atomic E-state index is 13.3. The monoisotopic (exact) mass is 373 g/mol. The first-order valence-electron chi connectivity index (χ1n) is 9.94. The van der Waals surface area contributed by atoms with E-state index in [2.05, 4.69) is 11.8 Å². The fourth-order valence-electron chi connectivity index (χ4n) is 4.91. The van der Waals surface area contributed by atoms with E-state index < -0.39 is 4.92 Å². The first kappa shape index (κ1) is 18.2. The highest BCUT2D eigenvalue weighted by molar-refractivity contribution is 6.00. The lowest BCUT2D eigenvalue weighted by molar-refractivity contribution is -0.384. The number of hydrogen-bond acceptors (Lipinski definition) is 5. The number of carbonyl (C=O) groups excluding carboxylic acids is 1. The molecular formula is C20H27N3O4. The highest BCUT2D eigenvalue weighted by Crippen LogP contribution is 2.39. The van der Waals surface area contributed by atoms with Crippen LogP contribution in [-0.4, -0.2) is 53.1 Å². The average molecular weight is 373 g/mol. The van der Waals surface area contributed by atoms with Crippen molar-refractivity contribution >= 4 is 17.3 Å². The van der Waals surface area contributed by atoms with E-state index in [1.807, 2.05) is 0 Å². The van der Waals surface area contributed by atoms with Crippen molar-refractivity contribution in [1.29, 1.82) is 0 Å². The number of aliphatic hydroxyl groups is 1. The minimum Gasteiger partial charge on any atom is -0.393 e. The zero-order valence-electron chi connectivity index (χ0n) is 15.7. The van der Waals surface area contributed by atoms with Gasteiger partial charge in [0, 0.05) is 44.2 Å². The quantitative estimate of drug-likeness (QED) is 0.650. The van der Waals surface area contributed by atoms with Crippen LogP contribution in [0.5, 0.6) is 0 Å². The van der Waals surface area contributed by atoms with Crippen LogP contribution in [0.25, 0.3) is 0 Å². The Labute approximate surface area is 159 Å². The maximum absolute atomic E-state index is 13.3. The highest BCUT2D eigenvalue weighted by atomic mass is 16.6. The Hall–Kier alpha value is -2.15. The van der Waals surface area contributed by atoms with Crippen LogP contribution in [0.2, 0.25) is 0 Å². The number of non-ortho nitro benzene ring substituents is 1. The number of aliphatic hydroxyl groups excluding tert-OH is 1. The molecule has 0 aromatic heterocycles. The predicted octanol–water partition coefficient (Wildman–Crippen LogP) is 2.67. The van der Waals surface area contributed by atoms with Crippen molar-refractivity contribution in [1.82, 2.24) is 4.90 Å². The van der Waals surface area contributed by atoms with Gasteiger partial charge in [0.1, 0.15) is 0 Å². The molecule has 1 aliphatic carbocycles. The third kappa shape index (κ3) is 3.40. The molecule has 0 bridgehead atoms. The van der Waals surface area contributed by atoms with E-state index >= 15 is 0 Å². The van der Waals surface area contributed by atoms with Crippen LogP contribution >= 0.6 is 0 Å². The molecule has 0 unspecified atom stereocenters. The lowest BCUT2D eigenvalue weighted by Gasteiger charge is -2.33. The number of benzene rings is 1. The Bertz CT molecular complexity index is 745. The van der Waals surface area contributed by atoms with E-state index in [1.54, 1.807) is 11.0 Å². The molecule has 1 aromatic carbocycles. The second-order valence-corrected chi connectivity index (χ2v) is 8.41. The normalized spacial score (nSPS) is 28.4. The maximum Gasteiger partial charge on any atom is 0.270 e. The van der Waals surface area contributed by atoms with Crippen LogP contribution in [0, 0.1) is 27.9 Å². The van der Waals surface area contributed by atoms with Crippen molar-refractivity contribution in [3.63, 3.8) is 0 Å². The molecule has 4 rings (SSSR count). The van der Waals surface area contributed by atoms with Gasteiger partial charge in [0.15, 0.2) is 0 Å². The van der Waals surface area contributed by atoms with Crippen LogP contribution < -0.4 is 4.90 Å². The molecule has 2 aliphatic heterocycles. The fraction of sp³-hybridized carbons (Fsp3) is 0.650. The number of carbonyl (C=O) groups is 1. The molecule has 146 valence electrons. The van der Waals surface area contributed by atoms with E-state index in [4.69, 9.17) is 0 Å².